The first-order valence-corrected chi connectivity index (χ1v) is 15.8. The lowest BCUT2D eigenvalue weighted by Crippen LogP contribution is -2.40. The zero-order valence-corrected chi connectivity index (χ0v) is 27.0. The first-order chi connectivity index (χ1) is 21.5. The third-order valence-corrected chi connectivity index (χ3v) is 9.14. The maximum atomic E-state index is 13.0. The van der Waals surface area contributed by atoms with Gasteiger partial charge in [-0.3, -0.25) is 9.59 Å². The third kappa shape index (κ3) is 8.94. The largest absolute Gasteiger partial charge is 0.493 e. The van der Waals surface area contributed by atoms with E-state index in [0.29, 0.717) is 30.3 Å². The Balaban J connectivity index is 1.29. The summed E-state index contributed by atoms with van der Waals surface area (Å²) in [5.74, 6) is -0.129. The van der Waals surface area contributed by atoms with Crippen LogP contribution in [0.1, 0.15) is 22.3 Å². The molecule has 14 heteroatoms. The van der Waals surface area contributed by atoms with Crippen molar-refractivity contribution in [2.45, 2.75) is 25.7 Å². The number of oxime groups is 1. The second kappa shape index (κ2) is 15.2. The molecule has 0 atom stereocenters. The third-order valence-electron chi connectivity index (χ3n) is 6.76. The van der Waals surface area contributed by atoms with E-state index in [0.717, 1.165) is 22.4 Å². The van der Waals surface area contributed by atoms with Crippen LogP contribution >= 0.6 is 11.6 Å². The highest BCUT2D eigenvalue weighted by Gasteiger charge is 2.28. The molecule has 1 aliphatic heterocycles. The fraction of sp³-hybridized carbons (Fsp3) is 0.323. The van der Waals surface area contributed by atoms with E-state index in [-0.39, 0.29) is 41.2 Å². The second-order valence-electron chi connectivity index (χ2n) is 10.2. The summed E-state index contributed by atoms with van der Waals surface area (Å²) in [4.78, 5) is 30.0. The molecule has 3 aromatic rings. The Morgan fingerprint density at radius 1 is 0.956 bits per heavy atom. The van der Waals surface area contributed by atoms with E-state index >= 15 is 0 Å². The van der Waals surface area contributed by atoms with Crippen molar-refractivity contribution in [2.75, 3.05) is 57.3 Å². The predicted molar refractivity (Wildman–Crippen MR) is 171 cm³/mol. The summed E-state index contributed by atoms with van der Waals surface area (Å²) in [5, 5.41) is 9.34. The number of anilines is 2. The zero-order chi connectivity index (χ0) is 32.6. The molecule has 0 unspecified atom stereocenters. The number of morpholine rings is 1. The summed E-state index contributed by atoms with van der Waals surface area (Å²) < 4.78 is 43.6. The standard InChI is InChI=1S/C31H35ClN4O8S/c1-20-13-21(2)31(22(3)14-20)35-29(37)18-43-26-8-5-23(15-27(26)41-4)17-33-44-19-30(38)34-24-6-7-25(32)28(16-24)45(39,40)36-9-11-42-12-10-36/h5-8,13-17H,9-12,18-19H2,1-4H3,(H,34,38)(H,35,37)/b33-17+. The first-order valence-electron chi connectivity index (χ1n) is 14.0. The van der Waals surface area contributed by atoms with Crippen LogP contribution in [0, 0.1) is 20.8 Å². The predicted octanol–water partition coefficient (Wildman–Crippen LogP) is 4.30. The molecule has 1 fully saturated rings. The number of carbonyl (C=O) groups is 2. The van der Waals surface area contributed by atoms with Gasteiger partial charge in [0, 0.05) is 30.0 Å². The van der Waals surface area contributed by atoms with Crippen molar-refractivity contribution in [1.82, 2.24) is 4.31 Å². The minimum Gasteiger partial charge on any atom is -0.493 e. The van der Waals surface area contributed by atoms with Crippen LogP contribution in [-0.2, 0) is 29.2 Å². The van der Waals surface area contributed by atoms with Crippen LogP contribution in [0.4, 0.5) is 11.4 Å². The number of aryl methyl sites for hydroxylation is 3. The van der Waals surface area contributed by atoms with Gasteiger partial charge in [-0.25, -0.2) is 8.42 Å². The molecule has 12 nitrogen and oxygen atoms in total. The van der Waals surface area contributed by atoms with Crippen LogP contribution in [0.5, 0.6) is 11.5 Å². The second-order valence-corrected chi connectivity index (χ2v) is 12.6. The number of ether oxygens (including phenoxy) is 3. The van der Waals surface area contributed by atoms with Gasteiger partial charge in [-0.15, -0.1) is 0 Å². The van der Waals surface area contributed by atoms with Gasteiger partial charge in [-0.2, -0.15) is 4.31 Å². The molecule has 0 aromatic heterocycles. The Labute approximate surface area is 267 Å². The van der Waals surface area contributed by atoms with Crippen LogP contribution in [-0.4, -0.2) is 77.4 Å². The number of benzene rings is 3. The fourth-order valence-corrected chi connectivity index (χ4v) is 6.58. The van der Waals surface area contributed by atoms with Gasteiger partial charge < -0.3 is 29.7 Å². The van der Waals surface area contributed by atoms with Gasteiger partial charge in [0.15, 0.2) is 24.7 Å². The van der Waals surface area contributed by atoms with Crippen LogP contribution in [0.3, 0.4) is 0 Å². The van der Waals surface area contributed by atoms with Crippen LogP contribution in [0.15, 0.2) is 58.6 Å². The summed E-state index contributed by atoms with van der Waals surface area (Å²) in [6, 6.07) is 13.2. The Morgan fingerprint density at radius 2 is 1.64 bits per heavy atom. The molecule has 1 aliphatic rings. The summed E-state index contributed by atoms with van der Waals surface area (Å²) in [5.41, 5.74) is 4.64. The number of sulfonamides is 1. The Hall–Kier alpha value is -4.17. The summed E-state index contributed by atoms with van der Waals surface area (Å²) in [7, 11) is -2.39. The molecule has 0 bridgehead atoms. The van der Waals surface area contributed by atoms with Crippen molar-refractivity contribution < 1.29 is 37.1 Å². The number of carbonyl (C=O) groups excluding carboxylic acids is 2. The van der Waals surface area contributed by atoms with Gasteiger partial charge in [0.2, 0.25) is 10.0 Å². The smallest absolute Gasteiger partial charge is 0.265 e. The number of methoxy groups -OCH3 is 1. The van der Waals surface area contributed by atoms with Gasteiger partial charge in [0.25, 0.3) is 11.8 Å². The lowest BCUT2D eigenvalue weighted by molar-refractivity contribution is -0.120. The maximum absolute atomic E-state index is 13.0. The average molecular weight is 659 g/mol. The van der Waals surface area contributed by atoms with Crippen LogP contribution < -0.4 is 20.1 Å². The van der Waals surface area contributed by atoms with E-state index in [9.17, 15) is 18.0 Å². The molecule has 3 aromatic carbocycles. The number of hydrogen-bond acceptors (Lipinski definition) is 9. The molecular weight excluding hydrogens is 624 g/mol. The fourth-order valence-electron chi connectivity index (χ4n) is 4.68. The van der Waals surface area contributed by atoms with Gasteiger partial charge in [0.05, 0.1) is 31.6 Å². The van der Waals surface area contributed by atoms with Gasteiger partial charge >= 0.3 is 0 Å². The summed E-state index contributed by atoms with van der Waals surface area (Å²) in [6.45, 7) is 6.25. The molecule has 0 radical (unpaired) electrons. The minimum atomic E-state index is -3.86. The highest BCUT2D eigenvalue weighted by atomic mass is 35.5. The minimum absolute atomic E-state index is 0.0443. The Kier molecular flexibility index (Phi) is 11.4. The SMILES string of the molecule is COc1cc(/C=N/OCC(=O)Nc2ccc(Cl)c(S(=O)(=O)N3CCOCC3)c2)ccc1OCC(=O)Nc1c(C)cc(C)cc1C. The highest BCUT2D eigenvalue weighted by molar-refractivity contribution is 7.89. The van der Waals surface area contributed by atoms with Crippen molar-refractivity contribution in [2.24, 2.45) is 5.16 Å². The number of amides is 2. The van der Waals surface area contributed by atoms with Crippen LogP contribution in [0.25, 0.3) is 0 Å². The van der Waals surface area contributed by atoms with Crippen molar-refractivity contribution >= 4 is 51.0 Å². The van der Waals surface area contributed by atoms with E-state index in [2.05, 4.69) is 15.8 Å². The number of nitrogens with one attached hydrogen (secondary N) is 2. The van der Waals surface area contributed by atoms with E-state index in [1.165, 1.54) is 35.8 Å². The average Bonchev–Trinajstić information content (AvgIpc) is 3.01. The topological polar surface area (TPSA) is 145 Å². The molecule has 2 amide bonds. The summed E-state index contributed by atoms with van der Waals surface area (Å²) >= 11 is 6.18. The van der Waals surface area contributed by atoms with Crippen molar-refractivity contribution in [3.8, 4) is 11.5 Å². The number of nitrogens with zero attached hydrogens (tertiary/aromatic N) is 2. The normalized spacial score (nSPS) is 13.8. The van der Waals surface area contributed by atoms with Crippen LogP contribution in [0.2, 0.25) is 5.02 Å². The van der Waals surface area contributed by atoms with Gasteiger partial charge in [-0.05, 0) is 68.3 Å². The van der Waals surface area contributed by atoms with Gasteiger partial charge in [0.1, 0.15) is 4.90 Å². The molecular formula is C31H35ClN4O8S. The molecule has 45 heavy (non-hydrogen) atoms. The molecule has 0 spiro atoms. The molecule has 2 N–H and O–H groups in total. The summed E-state index contributed by atoms with van der Waals surface area (Å²) in [6.07, 6.45) is 1.38. The molecule has 1 heterocycles. The monoisotopic (exact) mass is 658 g/mol. The lowest BCUT2D eigenvalue weighted by atomic mass is 10.1. The molecule has 0 saturated carbocycles. The maximum Gasteiger partial charge on any atom is 0.265 e. The number of hydrogen-bond donors (Lipinski definition) is 2. The molecule has 0 aliphatic carbocycles. The Bertz CT molecular complexity index is 1670. The van der Waals surface area contributed by atoms with E-state index in [1.54, 1.807) is 18.2 Å². The Morgan fingerprint density at radius 3 is 2.33 bits per heavy atom. The molecule has 240 valence electrons. The lowest BCUT2D eigenvalue weighted by Gasteiger charge is -2.26. The van der Waals surface area contributed by atoms with Crippen molar-refractivity contribution in [3.05, 3.63) is 75.8 Å². The van der Waals surface area contributed by atoms with E-state index in [4.69, 9.17) is 30.6 Å². The zero-order valence-electron chi connectivity index (χ0n) is 25.4. The quantitative estimate of drug-likeness (QED) is 0.217. The number of rotatable bonds is 12. The first kappa shape index (κ1) is 33.7. The highest BCUT2D eigenvalue weighted by Crippen LogP contribution is 2.29. The van der Waals surface area contributed by atoms with E-state index in [1.807, 2.05) is 32.9 Å². The van der Waals surface area contributed by atoms with E-state index < -0.39 is 22.5 Å². The van der Waals surface area contributed by atoms with Crippen molar-refractivity contribution in [3.63, 3.8) is 0 Å². The van der Waals surface area contributed by atoms with Gasteiger partial charge in [-0.1, -0.05) is 34.5 Å². The molecule has 1 saturated heterocycles. The van der Waals surface area contributed by atoms with Crippen molar-refractivity contribution in [1.29, 1.82) is 0 Å². The molecule has 4 rings (SSSR count). The number of halogens is 1.